The van der Waals surface area contributed by atoms with Crippen LogP contribution in [0.5, 0.6) is 0 Å². The minimum Gasteiger partial charge on any atom is -0.389 e. The molecule has 1 atom stereocenters. The summed E-state index contributed by atoms with van der Waals surface area (Å²) in [6.45, 7) is -0.912. The Labute approximate surface area is 68.3 Å². The van der Waals surface area contributed by atoms with E-state index in [2.05, 4.69) is 4.98 Å². The zero-order chi connectivity index (χ0) is 8.97. The van der Waals surface area contributed by atoms with Crippen LogP contribution in [0, 0.1) is 0 Å². The summed E-state index contributed by atoms with van der Waals surface area (Å²) < 4.78 is 13.0. The minimum atomic E-state index is -1.13. The van der Waals surface area contributed by atoms with E-state index in [9.17, 15) is 9.18 Å². The molecule has 0 saturated carbocycles. The van der Waals surface area contributed by atoms with Crippen LogP contribution in [0.4, 0.5) is 4.39 Å². The Bertz CT molecular complexity index is 299. The summed E-state index contributed by atoms with van der Waals surface area (Å²) in [6.07, 6.45) is 1.67. The predicted octanol–water partition coefficient (Wildman–Crippen LogP) is -0.426. The fourth-order valence-electron chi connectivity index (χ4n) is 0.802. The van der Waals surface area contributed by atoms with Crippen molar-refractivity contribution in [3.63, 3.8) is 0 Å². The van der Waals surface area contributed by atoms with Crippen molar-refractivity contribution in [2.75, 3.05) is 6.67 Å². The van der Waals surface area contributed by atoms with Gasteiger partial charge in [0.2, 0.25) is 0 Å². The highest BCUT2D eigenvalue weighted by molar-refractivity contribution is 4.81. The Morgan fingerprint density at radius 2 is 2.50 bits per heavy atom. The van der Waals surface area contributed by atoms with Crippen LogP contribution in [-0.4, -0.2) is 27.4 Å². The first-order valence-corrected chi connectivity index (χ1v) is 3.49. The van der Waals surface area contributed by atoms with E-state index in [1.54, 1.807) is 6.07 Å². The number of alkyl halides is 1. The molecule has 0 spiro atoms. The van der Waals surface area contributed by atoms with Gasteiger partial charge in [-0.2, -0.15) is 0 Å². The zero-order valence-electron chi connectivity index (χ0n) is 6.35. The maximum atomic E-state index is 11.8. The molecule has 1 heterocycles. The number of hydrogen-bond acceptors (Lipinski definition) is 3. The Kier molecular flexibility index (Phi) is 2.93. The second-order valence-corrected chi connectivity index (χ2v) is 2.36. The van der Waals surface area contributed by atoms with Crippen molar-refractivity contribution in [2.45, 2.75) is 12.6 Å². The molecule has 1 aromatic heterocycles. The van der Waals surface area contributed by atoms with E-state index in [0.717, 1.165) is 4.57 Å². The lowest BCUT2D eigenvalue weighted by atomic mass is 10.4. The summed E-state index contributed by atoms with van der Waals surface area (Å²) in [5, 5.41) is 8.87. The molecule has 1 unspecified atom stereocenters. The van der Waals surface area contributed by atoms with Gasteiger partial charge in [-0.3, -0.25) is 4.57 Å². The predicted molar refractivity (Wildman–Crippen MR) is 40.5 cm³/mol. The highest BCUT2D eigenvalue weighted by Crippen LogP contribution is 1.88. The van der Waals surface area contributed by atoms with Gasteiger partial charge in [0.25, 0.3) is 0 Å². The molecule has 1 N–H and O–H groups in total. The highest BCUT2D eigenvalue weighted by Gasteiger charge is 2.04. The van der Waals surface area contributed by atoms with Crippen molar-refractivity contribution < 1.29 is 9.50 Å². The molecule has 0 fully saturated rings. The molecule has 0 saturated heterocycles. The number of aliphatic hydroxyl groups excluding tert-OH is 1. The minimum absolute atomic E-state index is 0.0524. The van der Waals surface area contributed by atoms with Crippen LogP contribution in [0.25, 0.3) is 0 Å². The van der Waals surface area contributed by atoms with Gasteiger partial charge >= 0.3 is 5.69 Å². The lowest BCUT2D eigenvalue weighted by Gasteiger charge is -2.06. The summed E-state index contributed by atoms with van der Waals surface area (Å²) in [6, 6.07) is 1.55. The van der Waals surface area contributed by atoms with Crippen molar-refractivity contribution in [3.05, 3.63) is 28.9 Å². The second kappa shape index (κ2) is 3.96. The molecule has 0 aliphatic rings. The Morgan fingerprint density at radius 1 is 1.75 bits per heavy atom. The molecule has 66 valence electrons. The van der Waals surface area contributed by atoms with E-state index >= 15 is 0 Å². The second-order valence-electron chi connectivity index (χ2n) is 2.36. The van der Waals surface area contributed by atoms with E-state index in [-0.39, 0.29) is 6.54 Å². The highest BCUT2D eigenvalue weighted by atomic mass is 19.1. The van der Waals surface area contributed by atoms with Gasteiger partial charge in [0, 0.05) is 12.4 Å². The molecule has 5 heteroatoms. The van der Waals surface area contributed by atoms with Gasteiger partial charge in [-0.25, -0.2) is 14.2 Å². The fourth-order valence-corrected chi connectivity index (χ4v) is 0.802. The van der Waals surface area contributed by atoms with Gasteiger partial charge in [-0.15, -0.1) is 0 Å². The maximum absolute atomic E-state index is 11.8. The Hall–Kier alpha value is -1.23. The van der Waals surface area contributed by atoms with Gasteiger partial charge in [-0.05, 0) is 6.07 Å². The standard InChI is InChI=1S/C7H9FN2O2/c8-4-6(11)5-10-3-1-2-9-7(10)12/h1-3,6,11H,4-5H2. The topological polar surface area (TPSA) is 55.1 Å². The summed E-state index contributed by atoms with van der Waals surface area (Å²) in [4.78, 5) is 14.3. The molecule has 12 heavy (non-hydrogen) atoms. The lowest BCUT2D eigenvalue weighted by Crippen LogP contribution is -2.28. The maximum Gasteiger partial charge on any atom is 0.347 e. The third kappa shape index (κ3) is 2.13. The van der Waals surface area contributed by atoms with E-state index in [0.29, 0.717) is 0 Å². The van der Waals surface area contributed by atoms with Crippen LogP contribution in [0.3, 0.4) is 0 Å². The van der Waals surface area contributed by atoms with Crippen molar-refractivity contribution >= 4 is 0 Å². The van der Waals surface area contributed by atoms with Gasteiger partial charge in [0.1, 0.15) is 12.8 Å². The number of halogens is 1. The monoisotopic (exact) mass is 172 g/mol. The number of aliphatic hydroxyl groups is 1. The number of aromatic nitrogens is 2. The van der Waals surface area contributed by atoms with Crippen LogP contribution >= 0.6 is 0 Å². The van der Waals surface area contributed by atoms with Crippen LogP contribution < -0.4 is 5.69 Å². The molecule has 1 aromatic rings. The van der Waals surface area contributed by atoms with Crippen molar-refractivity contribution in [1.29, 1.82) is 0 Å². The Morgan fingerprint density at radius 3 is 3.08 bits per heavy atom. The van der Waals surface area contributed by atoms with Gasteiger partial charge in [-0.1, -0.05) is 0 Å². The van der Waals surface area contributed by atoms with E-state index in [4.69, 9.17) is 5.11 Å². The number of rotatable bonds is 3. The van der Waals surface area contributed by atoms with Gasteiger partial charge in [0.15, 0.2) is 0 Å². The smallest absolute Gasteiger partial charge is 0.347 e. The third-order valence-electron chi connectivity index (χ3n) is 1.37. The quantitative estimate of drug-likeness (QED) is 0.673. The van der Waals surface area contributed by atoms with E-state index in [1.165, 1.54) is 12.4 Å². The first kappa shape index (κ1) is 8.86. The summed E-state index contributed by atoms with van der Waals surface area (Å²) in [5.41, 5.74) is -0.481. The van der Waals surface area contributed by atoms with E-state index in [1.807, 2.05) is 0 Å². The van der Waals surface area contributed by atoms with Gasteiger partial charge < -0.3 is 5.11 Å². The third-order valence-corrected chi connectivity index (χ3v) is 1.37. The summed E-state index contributed by atoms with van der Waals surface area (Å²) in [7, 11) is 0. The fraction of sp³-hybridized carbons (Fsp3) is 0.429. The normalized spacial score (nSPS) is 12.8. The molecule has 4 nitrogen and oxygen atoms in total. The molecule has 0 radical (unpaired) electrons. The molecule has 0 aromatic carbocycles. The zero-order valence-corrected chi connectivity index (χ0v) is 6.35. The molecule has 1 rings (SSSR count). The summed E-state index contributed by atoms with van der Waals surface area (Å²) >= 11 is 0. The molecular formula is C7H9FN2O2. The molecule has 0 amide bonds. The Balaban J connectivity index is 2.76. The first-order valence-electron chi connectivity index (χ1n) is 3.49. The lowest BCUT2D eigenvalue weighted by molar-refractivity contribution is 0.120. The van der Waals surface area contributed by atoms with Crippen molar-refractivity contribution in [2.24, 2.45) is 0 Å². The van der Waals surface area contributed by atoms with Crippen LogP contribution in [0.1, 0.15) is 0 Å². The molecular weight excluding hydrogens is 163 g/mol. The molecule has 0 aliphatic carbocycles. The molecule has 0 bridgehead atoms. The van der Waals surface area contributed by atoms with Crippen LogP contribution in [0.2, 0.25) is 0 Å². The first-order chi connectivity index (χ1) is 5.74. The number of nitrogens with zero attached hydrogens (tertiary/aromatic N) is 2. The van der Waals surface area contributed by atoms with E-state index < -0.39 is 18.5 Å². The average Bonchev–Trinajstić information content (AvgIpc) is 2.09. The summed E-state index contributed by atoms with van der Waals surface area (Å²) in [5.74, 6) is 0. The van der Waals surface area contributed by atoms with Crippen LogP contribution in [-0.2, 0) is 6.54 Å². The van der Waals surface area contributed by atoms with Crippen LogP contribution in [0.15, 0.2) is 23.3 Å². The van der Waals surface area contributed by atoms with Crippen molar-refractivity contribution in [3.8, 4) is 0 Å². The van der Waals surface area contributed by atoms with Crippen molar-refractivity contribution in [1.82, 2.24) is 9.55 Å². The van der Waals surface area contributed by atoms with Gasteiger partial charge in [0.05, 0.1) is 6.54 Å². The average molecular weight is 172 g/mol. The number of hydrogen-bond donors (Lipinski definition) is 1. The SMILES string of the molecule is O=c1ncccn1CC(O)CF. The molecule has 0 aliphatic heterocycles. The largest absolute Gasteiger partial charge is 0.389 e.